The van der Waals surface area contributed by atoms with Gasteiger partial charge < -0.3 is 20.3 Å². The van der Waals surface area contributed by atoms with Crippen molar-refractivity contribution in [1.82, 2.24) is 25.5 Å². The first-order chi connectivity index (χ1) is 16.3. The average molecular weight is 486 g/mol. The predicted molar refractivity (Wildman–Crippen MR) is 125 cm³/mol. The molecule has 1 fully saturated rings. The molecule has 0 spiro atoms. The van der Waals surface area contributed by atoms with E-state index in [4.69, 9.17) is 16.3 Å². The molecule has 0 bridgehead atoms. The number of ether oxygens (including phenoxy) is 1. The van der Waals surface area contributed by atoms with Gasteiger partial charge in [0.1, 0.15) is 5.02 Å². The molecule has 1 saturated carbocycles. The SMILES string of the molecule is CC(=O)NCCNC(=O)Cc1nccc2c1CN(C(C)c1cnc(OCC3CC3)c(Cl)c1)C2=O. The molecular formula is C24H28ClN5O4. The Morgan fingerprint density at radius 1 is 1.26 bits per heavy atom. The number of hydrogen-bond acceptors (Lipinski definition) is 6. The van der Waals surface area contributed by atoms with Crippen LogP contribution in [0.15, 0.2) is 24.5 Å². The Morgan fingerprint density at radius 3 is 2.74 bits per heavy atom. The molecule has 2 aliphatic rings. The Balaban J connectivity index is 1.41. The van der Waals surface area contributed by atoms with Crippen molar-refractivity contribution >= 4 is 29.3 Å². The summed E-state index contributed by atoms with van der Waals surface area (Å²) in [6, 6.07) is 3.20. The Kier molecular flexibility index (Phi) is 7.31. The Bertz CT molecular complexity index is 1100. The second kappa shape index (κ2) is 10.4. The van der Waals surface area contributed by atoms with Gasteiger partial charge in [0.25, 0.3) is 5.91 Å². The van der Waals surface area contributed by atoms with E-state index in [0.29, 0.717) is 54.3 Å². The van der Waals surface area contributed by atoms with Gasteiger partial charge in [-0.25, -0.2) is 4.98 Å². The van der Waals surface area contributed by atoms with E-state index in [1.165, 1.54) is 19.8 Å². The molecule has 3 heterocycles. The number of pyridine rings is 2. The second-order valence-electron chi connectivity index (χ2n) is 8.71. The summed E-state index contributed by atoms with van der Waals surface area (Å²) in [5.74, 6) is 0.516. The summed E-state index contributed by atoms with van der Waals surface area (Å²) >= 11 is 6.39. The van der Waals surface area contributed by atoms with Crippen LogP contribution in [0.5, 0.6) is 5.88 Å². The smallest absolute Gasteiger partial charge is 0.255 e. The quantitative estimate of drug-likeness (QED) is 0.500. The maximum atomic E-state index is 13.1. The van der Waals surface area contributed by atoms with Crippen molar-refractivity contribution in [2.45, 2.75) is 45.7 Å². The molecule has 2 aromatic heterocycles. The van der Waals surface area contributed by atoms with Gasteiger partial charge in [-0.15, -0.1) is 0 Å². The van der Waals surface area contributed by atoms with Gasteiger partial charge >= 0.3 is 0 Å². The van der Waals surface area contributed by atoms with Crippen molar-refractivity contribution in [1.29, 1.82) is 0 Å². The molecule has 34 heavy (non-hydrogen) atoms. The first-order valence-electron chi connectivity index (χ1n) is 11.4. The fraction of sp³-hybridized carbons (Fsp3) is 0.458. The van der Waals surface area contributed by atoms with Crippen LogP contribution in [0.3, 0.4) is 0 Å². The van der Waals surface area contributed by atoms with Crippen molar-refractivity contribution in [3.05, 3.63) is 51.9 Å². The lowest BCUT2D eigenvalue weighted by atomic mass is 10.1. The number of fused-ring (bicyclic) bond motifs is 1. The minimum Gasteiger partial charge on any atom is -0.476 e. The lowest BCUT2D eigenvalue weighted by Gasteiger charge is -2.25. The largest absolute Gasteiger partial charge is 0.476 e. The normalized spacial score (nSPS) is 15.6. The predicted octanol–water partition coefficient (Wildman–Crippen LogP) is 2.43. The van der Waals surface area contributed by atoms with Crippen molar-refractivity contribution in [2.24, 2.45) is 5.92 Å². The zero-order chi connectivity index (χ0) is 24.2. The van der Waals surface area contributed by atoms with Crippen LogP contribution < -0.4 is 15.4 Å². The fourth-order valence-corrected chi connectivity index (χ4v) is 4.10. The number of hydrogen-bond donors (Lipinski definition) is 2. The third kappa shape index (κ3) is 5.64. The molecule has 180 valence electrons. The van der Waals surface area contributed by atoms with Gasteiger partial charge in [-0.05, 0) is 43.4 Å². The molecule has 1 aliphatic heterocycles. The van der Waals surface area contributed by atoms with Crippen molar-refractivity contribution < 1.29 is 19.1 Å². The van der Waals surface area contributed by atoms with Crippen molar-refractivity contribution in [3.63, 3.8) is 0 Å². The molecule has 4 rings (SSSR count). The van der Waals surface area contributed by atoms with Crippen molar-refractivity contribution in [2.75, 3.05) is 19.7 Å². The van der Waals surface area contributed by atoms with Gasteiger partial charge in [0.2, 0.25) is 17.7 Å². The lowest BCUT2D eigenvalue weighted by molar-refractivity contribution is -0.121. The molecule has 0 saturated heterocycles. The molecule has 2 aromatic rings. The number of nitrogens with zero attached hydrogens (tertiary/aromatic N) is 3. The van der Waals surface area contributed by atoms with Crippen LogP contribution in [0.2, 0.25) is 5.02 Å². The molecule has 10 heteroatoms. The Labute approximate surface area is 203 Å². The third-order valence-electron chi connectivity index (χ3n) is 6.05. The number of halogens is 1. The standard InChI is InChI=1S/C24H28ClN5O4/c1-14(17-9-20(25)23(29-11-17)34-13-16-3-4-16)30-12-19-18(24(30)33)5-6-27-21(19)10-22(32)28-8-7-26-15(2)31/h5-6,9,11,14,16H,3-4,7-8,10,12-13H2,1-2H3,(H,26,31)(H,28,32). The Morgan fingerprint density at radius 2 is 2.03 bits per heavy atom. The van der Waals surface area contributed by atoms with E-state index in [9.17, 15) is 14.4 Å². The average Bonchev–Trinajstić information content (AvgIpc) is 3.57. The van der Waals surface area contributed by atoms with Crippen LogP contribution in [-0.4, -0.2) is 52.3 Å². The van der Waals surface area contributed by atoms with E-state index in [-0.39, 0.29) is 30.2 Å². The van der Waals surface area contributed by atoms with Gasteiger partial charge in [-0.2, -0.15) is 0 Å². The van der Waals surface area contributed by atoms with E-state index in [1.54, 1.807) is 29.4 Å². The minimum atomic E-state index is -0.276. The van der Waals surface area contributed by atoms with Crippen LogP contribution in [-0.2, 0) is 22.6 Å². The summed E-state index contributed by atoms with van der Waals surface area (Å²) in [5.41, 5.74) is 2.67. The van der Waals surface area contributed by atoms with E-state index in [0.717, 1.165) is 11.1 Å². The highest BCUT2D eigenvalue weighted by atomic mass is 35.5. The van der Waals surface area contributed by atoms with Gasteiger partial charge in [-0.1, -0.05) is 11.6 Å². The summed E-state index contributed by atoms with van der Waals surface area (Å²) in [7, 11) is 0. The van der Waals surface area contributed by atoms with Crippen molar-refractivity contribution in [3.8, 4) is 5.88 Å². The molecule has 3 amide bonds. The minimum absolute atomic E-state index is 0.0547. The molecule has 0 aromatic carbocycles. The molecule has 0 radical (unpaired) electrons. The summed E-state index contributed by atoms with van der Waals surface area (Å²) in [6.45, 7) is 4.98. The van der Waals surface area contributed by atoms with E-state index < -0.39 is 0 Å². The first-order valence-corrected chi connectivity index (χ1v) is 11.8. The number of carbonyl (C=O) groups excluding carboxylic acids is 3. The summed E-state index contributed by atoms with van der Waals surface area (Å²) in [6.07, 6.45) is 5.66. The molecule has 9 nitrogen and oxygen atoms in total. The van der Waals surface area contributed by atoms with Gasteiger partial charge in [0.15, 0.2) is 0 Å². The van der Waals surface area contributed by atoms with Gasteiger partial charge in [-0.3, -0.25) is 19.4 Å². The maximum Gasteiger partial charge on any atom is 0.255 e. The molecule has 1 atom stereocenters. The Hall–Kier alpha value is -3.20. The van der Waals surface area contributed by atoms with Crippen LogP contribution >= 0.6 is 11.6 Å². The lowest BCUT2D eigenvalue weighted by Crippen LogP contribution is -2.34. The second-order valence-corrected chi connectivity index (χ2v) is 9.12. The summed E-state index contributed by atoms with van der Waals surface area (Å²) in [5, 5.41) is 5.80. The van der Waals surface area contributed by atoms with Gasteiger partial charge in [0.05, 0.1) is 24.8 Å². The van der Waals surface area contributed by atoms with Crippen LogP contribution in [0.25, 0.3) is 0 Å². The third-order valence-corrected chi connectivity index (χ3v) is 6.32. The topological polar surface area (TPSA) is 114 Å². The maximum absolute atomic E-state index is 13.1. The van der Waals surface area contributed by atoms with Crippen LogP contribution in [0.4, 0.5) is 0 Å². The molecule has 2 N–H and O–H groups in total. The summed E-state index contributed by atoms with van der Waals surface area (Å²) in [4.78, 5) is 46.9. The highest BCUT2D eigenvalue weighted by Gasteiger charge is 2.34. The van der Waals surface area contributed by atoms with Crippen LogP contribution in [0, 0.1) is 5.92 Å². The van der Waals surface area contributed by atoms with Crippen LogP contribution in [0.1, 0.15) is 59.9 Å². The summed E-state index contributed by atoms with van der Waals surface area (Å²) < 4.78 is 5.70. The zero-order valence-corrected chi connectivity index (χ0v) is 20.0. The van der Waals surface area contributed by atoms with E-state index in [1.807, 2.05) is 6.92 Å². The number of aromatic nitrogens is 2. The molecule has 1 unspecified atom stereocenters. The number of amides is 3. The number of rotatable bonds is 10. The zero-order valence-electron chi connectivity index (χ0n) is 19.3. The van der Waals surface area contributed by atoms with E-state index >= 15 is 0 Å². The van der Waals surface area contributed by atoms with E-state index in [2.05, 4.69) is 20.6 Å². The number of nitrogens with one attached hydrogen (secondary N) is 2. The molecular weight excluding hydrogens is 458 g/mol. The monoisotopic (exact) mass is 485 g/mol. The highest BCUT2D eigenvalue weighted by Crippen LogP contribution is 2.35. The fourth-order valence-electron chi connectivity index (χ4n) is 3.87. The highest BCUT2D eigenvalue weighted by molar-refractivity contribution is 6.31. The number of carbonyl (C=O) groups is 3. The molecule has 1 aliphatic carbocycles. The van der Waals surface area contributed by atoms with Gasteiger partial charge in [0, 0.05) is 50.1 Å². The first kappa shape index (κ1) is 23.9.